The monoisotopic (exact) mass is 388 g/mol. The van der Waals surface area contributed by atoms with Crippen LogP contribution in [0, 0.1) is 6.92 Å². The second-order valence-electron chi connectivity index (χ2n) is 7.16. The quantitative estimate of drug-likeness (QED) is 0.687. The molecule has 2 aromatic carbocycles. The summed E-state index contributed by atoms with van der Waals surface area (Å²) in [5, 5.41) is 10.8. The SMILES string of the molecule is CC(=O)N1N=C(c2ccc3c(c2)OCO3)CC1c1c(C)cnn1-c1ccccc1. The predicted octanol–water partition coefficient (Wildman–Crippen LogP) is 3.61. The number of carbonyl (C=O) groups is 1. The van der Waals surface area contributed by atoms with Crippen molar-refractivity contribution in [2.45, 2.75) is 26.3 Å². The summed E-state index contributed by atoms with van der Waals surface area (Å²) >= 11 is 0. The van der Waals surface area contributed by atoms with E-state index < -0.39 is 0 Å². The summed E-state index contributed by atoms with van der Waals surface area (Å²) < 4.78 is 12.8. The summed E-state index contributed by atoms with van der Waals surface area (Å²) in [6.45, 7) is 3.78. The van der Waals surface area contributed by atoms with Crippen molar-refractivity contribution in [1.82, 2.24) is 14.8 Å². The second kappa shape index (κ2) is 6.77. The molecule has 0 bridgehead atoms. The molecule has 0 saturated carbocycles. The molecular formula is C22H20N4O3. The molecule has 0 N–H and O–H groups in total. The Bertz CT molecular complexity index is 1120. The van der Waals surface area contributed by atoms with Crippen LogP contribution in [0.25, 0.3) is 5.69 Å². The number of fused-ring (bicyclic) bond motifs is 1. The van der Waals surface area contributed by atoms with Gasteiger partial charge >= 0.3 is 0 Å². The zero-order chi connectivity index (χ0) is 20.0. The molecule has 1 atom stereocenters. The van der Waals surface area contributed by atoms with E-state index in [9.17, 15) is 4.79 Å². The Morgan fingerprint density at radius 3 is 2.69 bits per heavy atom. The number of hydrogen-bond donors (Lipinski definition) is 0. The van der Waals surface area contributed by atoms with Crippen LogP contribution in [-0.2, 0) is 4.79 Å². The largest absolute Gasteiger partial charge is 0.454 e. The molecule has 0 aliphatic carbocycles. The summed E-state index contributed by atoms with van der Waals surface area (Å²) in [5.74, 6) is 1.32. The molecule has 0 saturated heterocycles. The van der Waals surface area contributed by atoms with E-state index in [0.29, 0.717) is 12.2 Å². The van der Waals surface area contributed by atoms with Gasteiger partial charge in [0, 0.05) is 18.9 Å². The molecule has 0 spiro atoms. The standard InChI is InChI=1S/C22H20N4O3/c1-14-12-23-26(17-6-4-3-5-7-17)22(14)19-11-18(24-25(19)15(2)27)16-8-9-20-21(10-16)29-13-28-20/h3-10,12,19H,11,13H2,1-2H3. The molecule has 0 radical (unpaired) electrons. The Balaban J connectivity index is 1.54. The van der Waals surface area contributed by atoms with E-state index >= 15 is 0 Å². The summed E-state index contributed by atoms with van der Waals surface area (Å²) in [7, 11) is 0. The van der Waals surface area contributed by atoms with Crippen LogP contribution in [0.4, 0.5) is 0 Å². The van der Waals surface area contributed by atoms with Gasteiger partial charge in [-0.25, -0.2) is 9.69 Å². The Morgan fingerprint density at radius 1 is 1.10 bits per heavy atom. The third-order valence-corrected chi connectivity index (χ3v) is 5.25. The van der Waals surface area contributed by atoms with Crippen molar-refractivity contribution in [3.8, 4) is 17.2 Å². The molecule has 7 nitrogen and oxygen atoms in total. The van der Waals surface area contributed by atoms with Crippen LogP contribution in [0.5, 0.6) is 11.5 Å². The van der Waals surface area contributed by atoms with Crippen LogP contribution < -0.4 is 9.47 Å². The lowest BCUT2D eigenvalue weighted by atomic mass is 9.99. The normalized spacial score (nSPS) is 17.5. The van der Waals surface area contributed by atoms with Crippen LogP contribution in [-0.4, -0.2) is 33.2 Å². The lowest BCUT2D eigenvalue weighted by molar-refractivity contribution is -0.130. The van der Waals surface area contributed by atoms with Crippen LogP contribution in [0.3, 0.4) is 0 Å². The highest BCUT2D eigenvalue weighted by Crippen LogP contribution is 2.38. The number of rotatable bonds is 3. The predicted molar refractivity (Wildman–Crippen MR) is 107 cm³/mol. The summed E-state index contributed by atoms with van der Waals surface area (Å²) in [5.41, 5.74) is 4.70. The van der Waals surface area contributed by atoms with Crippen molar-refractivity contribution in [2.24, 2.45) is 5.10 Å². The minimum atomic E-state index is -0.226. The number of para-hydroxylation sites is 1. The fraction of sp³-hybridized carbons (Fsp3) is 0.227. The molecule has 7 heteroatoms. The number of amides is 1. The van der Waals surface area contributed by atoms with E-state index in [-0.39, 0.29) is 18.7 Å². The number of benzene rings is 2. The van der Waals surface area contributed by atoms with Gasteiger partial charge in [-0.1, -0.05) is 18.2 Å². The molecular weight excluding hydrogens is 368 g/mol. The highest BCUT2D eigenvalue weighted by Gasteiger charge is 2.35. The summed E-state index contributed by atoms with van der Waals surface area (Å²) in [6.07, 6.45) is 2.43. The molecule has 2 aliphatic heterocycles. The first-order chi connectivity index (χ1) is 14.1. The Kier molecular flexibility index (Phi) is 4.08. The van der Waals surface area contributed by atoms with Gasteiger partial charge < -0.3 is 9.47 Å². The first kappa shape index (κ1) is 17.5. The lowest BCUT2D eigenvalue weighted by Gasteiger charge is -2.22. The highest BCUT2D eigenvalue weighted by molar-refractivity contribution is 6.03. The molecule has 2 aliphatic rings. The van der Waals surface area contributed by atoms with Gasteiger partial charge in [0.05, 0.1) is 23.3 Å². The molecule has 29 heavy (non-hydrogen) atoms. The van der Waals surface area contributed by atoms with Gasteiger partial charge in [0.25, 0.3) is 0 Å². The van der Waals surface area contributed by atoms with Crippen LogP contribution >= 0.6 is 0 Å². The van der Waals surface area contributed by atoms with Crippen LogP contribution in [0.2, 0.25) is 0 Å². The van der Waals surface area contributed by atoms with Gasteiger partial charge in [-0.3, -0.25) is 4.79 Å². The van der Waals surface area contributed by atoms with Crippen molar-refractivity contribution in [3.63, 3.8) is 0 Å². The third kappa shape index (κ3) is 2.95. The van der Waals surface area contributed by atoms with E-state index in [1.54, 1.807) is 5.01 Å². The fourth-order valence-electron chi connectivity index (χ4n) is 3.88. The van der Waals surface area contributed by atoms with Crippen molar-refractivity contribution in [3.05, 3.63) is 71.5 Å². The summed E-state index contributed by atoms with van der Waals surface area (Å²) in [4.78, 5) is 12.4. The summed E-state index contributed by atoms with van der Waals surface area (Å²) in [6, 6.07) is 15.5. The van der Waals surface area contributed by atoms with E-state index in [1.807, 2.05) is 66.3 Å². The molecule has 1 aromatic heterocycles. The Labute approximate surface area is 168 Å². The number of aryl methyl sites for hydroxylation is 1. The van der Waals surface area contributed by atoms with Crippen LogP contribution in [0.1, 0.15) is 36.2 Å². The molecule has 1 amide bonds. The first-order valence-corrected chi connectivity index (χ1v) is 9.49. The van der Waals surface area contributed by atoms with E-state index in [2.05, 4.69) is 10.2 Å². The molecule has 5 rings (SSSR count). The zero-order valence-electron chi connectivity index (χ0n) is 16.2. The minimum Gasteiger partial charge on any atom is -0.454 e. The molecule has 3 aromatic rings. The van der Waals surface area contributed by atoms with Crippen molar-refractivity contribution < 1.29 is 14.3 Å². The average molecular weight is 388 g/mol. The Hall–Kier alpha value is -3.61. The van der Waals surface area contributed by atoms with E-state index in [4.69, 9.17) is 9.47 Å². The molecule has 1 unspecified atom stereocenters. The first-order valence-electron chi connectivity index (χ1n) is 9.49. The van der Waals surface area contributed by atoms with Gasteiger partial charge in [-0.15, -0.1) is 0 Å². The van der Waals surface area contributed by atoms with Gasteiger partial charge in [0.1, 0.15) is 6.04 Å². The van der Waals surface area contributed by atoms with Crippen molar-refractivity contribution in [1.29, 1.82) is 0 Å². The highest BCUT2D eigenvalue weighted by atomic mass is 16.7. The number of carbonyl (C=O) groups excluding carboxylic acids is 1. The third-order valence-electron chi connectivity index (χ3n) is 5.25. The fourth-order valence-corrected chi connectivity index (χ4v) is 3.88. The zero-order valence-corrected chi connectivity index (χ0v) is 16.2. The van der Waals surface area contributed by atoms with E-state index in [0.717, 1.165) is 34.0 Å². The van der Waals surface area contributed by atoms with Crippen molar-refractivity contribution in [2.75, 3.05) is 6.79 Å². The Morgan fingerprint density at radius 2 is 1.90 bits per heavy atom. The van der Waals surface area contributed by atoms with Gasteiger partial charge in [0.15, 0.2) is 11.5 Å². The maximum absolute atomic E-state index is 12.4. The van der Waals surface area contributed by atoms with Crippen molar-refractivity contribution >= 4 is 11.6 Å². The smallest absolute Gasteiger partial charge is 0.240 e. The van der Waals surface area contributed by atoms with Gasteiger partial charge in [0.2, 0.25) is 12.7 Å². The molecule has 146 valence electrons. The topological polar surface area (TPSA) is 69.0 Å². The average Bonchev–Trinajstić information content (AvgIpc) is 3.45. The number of aromatic nitrogens is 2. The van der Waals surface area contributed by atoms with Gasteiger partial charge in [-0.05, 0) is 42.8 Å². The molecule has 0 fully saturated rings. The number of hydrazone groups is 1. The lowest BCUT2D eigenvalue weighted by Crippen LogP contribution is -2.26. The van der Waals surface area contributed by atoms with Crippen LogP contribution in [0.15, 0.2) is 59.8 Å². The molecule has 3 heterocycles. The number of ether oxygens (including phenoxy) is 2. The minimum absolute atomic E-state index is 0.106. The van der Waals surface area contributed by atoms with Gasteiger partial charge in [-0.2, -0.15) is 10.2 Å². The maximum Gasteiger partial charge on any atom is 0.240 e. The van der Waals surface area contributed by atoms with E-state index in [1.165, 1.54) is 6.92 Å². The maximum atomic E-state index is 12.4. The second-order valence-corrected chi connectivity index (χ2v) is 7.16. The number of hydrogen-bond acceptors (Lipinski definition) is 5. The number of nitrogens with zero attached hydrogens (tertiary/aromatic N) is 4.